The normalized spacial score (nSPS) is 21.3. The Labute approximate surface area is 141 Å². The van der Waals surface area contributed by atoms with Crippen LogP contribution in [0.5, 0.6) is 0 Å². The lowest BCUT2D eigenvalue weighted by Gasteiger charge is -2.39. The summed E-state index contributed by atoms with van der Waals surface area (Å²) in [7, 11) is 0. The molecule has 1 amide bonds. The van der Waals surface area contributed by atoms with E-state index in [1.165, 1.54) is 0 Å². The topological polar surface area (TPSA) is 95.0 Å². The summed E-state index contributed by atoms with van der Waals surface area (Å²) in [5.41, 5.74) is 8.44. The lowest BCUT2D eigenvalue weighted by molar-refractivity contribution is -0.136. The third kappa shape index (κ3) is 3.53. The number of rotatable bonds is 5. The first-order valence-electron chi connectivity index (χ1n) is 8.79. The van der Waals surface area contributed by atoms with Crippen LogP contribution in [-0.2, 0) is 11.2 Å². The molecule has 1 saturated heterocycles. The summed E-state index contributed by atoms with van der Waals surface area (Å²) in [6.07, 6.45) is 4.40. The molecule has 2 atom stereocenters. The van der Waals surface area contributed by atoms with Crippen LogP contribution in [-0.4, -0.2) is 39.9 Å². The largest absolute Gasteiger partial charge is 0.338 e. The van der Waals surface area contributed by atoms with Gasteiger partial charge in [0.25, 0.3) is 0 Å². The lowest BCUT2D eigenvalue weighted by Crippen LogP contribution is -2.51. The smallest absolute Gasteiger partial charge is 0.323 e. The van der Waals surface area contributed by atoms with Crippen molar-refractivity contribution in [3.8, 4) is 0 Å². The first kappa shape index (κ1) is 16.8. The van der Waals surface area contributed by atoms with E-state index < -0.39 is 0 Å². The van der Waals surface area contributed by atoms with Crippen LogP contribution in [0.2, 0.25) is 0 Å². The van der Waals surface area contributed by atoms with E-state index >= 15 is 0 Å². The van der Waals surface area contributed by atoms with Gasteiger partial charge in [0.15, 0.2) is 0 Å². The number of hydrogen-bond donors (Lipinski definition) is 3. The standard InChI is InChI=1S/C18H26N4O2/c1-12-4-3-9-22(16(12)11-19)17(23)6-2-5-13-7-8-14-15(10-13)21-18(24)20-14/h7-8,10,12,16H,2-6,9,11,19H2,1H3,(H2,20,21,24)/t12-,16+/m1/s1. The maximum atomic E-state index is 12.5. The second kappa shape index (κ2) is 7.21. The van der Waals surface area contributed by atoms with E-state index in [2.05, 4.69) is 16.9 Å². The number of imidazole rings is 1. The van der Waals surface area contributed by atoms with E-state index in [1.807, 2.05) is 23.1 Å². The molecule has 0 unspecified atom stereocenters. The predicted molar refractivity (Wildman–Crippen MR) is 94.8 cm³/mol. The Morgan fingerprint density at radius 3 is 2.92 bits per heavy atom. The summed E-state index contributed by atoms with van der Waals surface area (Å²) in [5, 5.41) is 0. The Bertz CT molecular complexity index is 764. The highest BCUT2D eigenvalue weighted by Crippen LogP contribution is 2.23. The maximum absolute atomic E-state index is 12.5. The third-order valence-electron chi connectivity index (χ3n) is 5.11. The molecule has 1 aromatic carbocycles. The van der Waals surface area contributed by atoms with Gasteiger partial charge in [-0.2, -0.15) is 0 Å². The quantitative estimate of drug-likeness (QED) is 0.779. The van der Waals surface area contributed by atoms with Crippen LogP contribution in [0.25, 0.3) is 11.0 Å². The number of amides is 1. The summed E-state index contributed by atoms with van der Waals surface area (Å²) in [6.45, 7) is 3.57. The number of piperidine rings is 1. The number of nitrogens with two attached hydrogens (primary N) is 1. The van der Waals surface area contributed by atoms with Crippen molar-refractivity contribution >= 4 is 16.9 Å². The molecular formula is C18H26N4O2. The van der Waals surface area contributed by atoms with Crippen LogP contribution in [0.4, 0.5) is 0 Å². The molecule has 130 valence electrons. The van der Waals surface area contributed by atoms with E-state index in [4.69, 9.17) is 5.73 Å². The number of fused-ring (bicyclic) bond motifs is 1. The predicted octanol–water partition coefficient (Wildman–Crippen LogP) is 1.76. The molecule has 0 aliphatic carbocycles. The molecule has 0 radical (unpaired) electrons. The fourth-order valence-corrected chi connectivity index (χ4v) is 3.74. The zero-order valence-electron chi connectivity index (χ0n) is 14.2. The van der Waals surface area contributed by atoms with Crippen molar-refractivity contribution in [2.75, 3.05) is 13.1 Å². The second-order valence-corrected chi connectivity index (χ2v) is 6.82. The van der Waals surface area contributed by atoms with Gasteiger partial charge in [0.1, 0.15) is 0 Å². The molecule has 6 nitrogen and oxygen atoms in total. The number of nitrogens with one attached hydrogen (secondary N) is 2. The Hall–Kier alpha value is -2.08. The van der Waals surface area contributed by atoms with Crippen molar-refractivity contribution < 1.29 is 4.79 Å². The van der Waals surface area contributed by atoms with E-state index in [9.17, 15) is 9.59 Å². The molecule has 0 bridgehead atoms. The number of nitrogens with zero attached hydrogens (tertiary/aromatic N) is 1. The Morgan fingerprint density at radius 1 is 1.33 bits per heavy atom. The summed E-state index contributed by atoms with van der Waals surface area (Å²) >= 11 is 0. The number of likely N-dealkylation sites (tertiary alicyclic amines) is 1. The Kier molecular flexibility index (Phi) is 5.04. The number of aromatic nitrogens is 2. The van der Waals surface area contributed by atoms with Gasteiger partial charge in [-0.05, 0) is 49.3 Å². The molecule has 0 saturated carbocycles. The Balaban J connectivity index is 1.56. The van der Waals surface area contributed by atoms with Crippen molar-refractivity contribution in [1.29, 1.82) is 0 Å². The molecule has 6 heteroatoms. The van der Waals surface area contributed by atoms with E-state index in [0.717, 1.165) is 48.8 Å². The van der Waals surface area contributed by atoms with Crippen molar-refractivity contribution in [1.82, 2.24) is 14.9 Å². The number of aromatic amines is 2. The molecular weight excluding hydrogens is 304 g/mol. The molecule has 1 fully saturated rings. The van der Waals surface area contributed by atoms with Gasteiger partial charge in [0.05, 0.1) is 11.0 Å². The molecule has 4 N–H and O–H groups in total. The average molecular weight is 330 g/mol. The minimum Gasteiger partial charge on any atom is -0.338 e. The molecule has 1 aliphatic rings. The highest BCUT2D eigenvalue weighted by Gasteiger charge is 2.30. The number of benzene rings is 1. The fourth-order valence-electron chi connectivity index (χ4n) is 3.74. The minimum absolute atomic E-state index is 0.188. The van der Waals surface area contributed by atoms with Gasteiger partial charge >= 0.3 is 5.69 Å². The number of aryl methyl sites for hydroxylation is 1. The van der Waals surface area contributed by atoms with Crippen LogP contribution < -0.4 is 11.4 Å². The molecule has 2 heterocycles. The van der Waals surface area contributed by atoms with Gasteiger partial charge in [-0.25, -0.2) is 4.79 Å². The zero-order chi connectivity index (χ0) is 17.1. The summed E-state index contributed by atoms with van der Waals surface area (Å²) < 4.78 is 0. The number of carbonyl (C=O) groups is 1. The maximum Gasteiger partial charge on any atom is 0.323 e. The highest BCUT2D eigenvalue weighted by atomic mass is 16.2. The minimum atomic E-state index is -0.190. The third-order valence-corrected chi connectivity index (χ3v) is 5.11. The van der Waals surface area contributed by atoms with Crippen LogP contribution in [0.15, 0.2) is 23.0 Å². The van der Waals surface area contributed by atoms with Crippen LogP contribution in [0.1, 0.15) is 38.2 Å². The zero-order valence-corrected chi connectivity index (χ0v) is 14.2. The van der Waals surface area contributed by atoms with Gasteiger partial charge in [0.2, 0.25) is 5.91 Å². The van der Waals surface area contributed by atoms with Crippen LogP contribution in [0, 0.1) is 5.92 Å². The summed E-state index contributed by atoms with van der Waals surface area (Å²) in [5.74, 6) is 0.702. The van der Waals surface area contributed by atoms with Crippen molar-refractivity contribution in [2.24, 2.45) is 11.7 Å². The lowest BCUT2D eigenvalue weighted by atomic mass is 9.90. The second-order valence-electron chi connectivity index (χ2n) is 6.82. The van der Waals surface area contributed by atoms with Gasteiger partial charge in [0, 0.05) is 25.6 Å². The van der Waals surface area contributed by atoms with E-state index in [1.54, 1.807) is 0 Å². The fraction of sp³-hybridized carbons (Fsp3) is 0.556. The number of H-pyrrole nitrogens is 2. The SMILES string of the molecule is C[C@@H]1CCCN(C(=O)CCCc2ccc3[nH]c(=O)[nH]c3c2)[C@H]1CN. The molecule has 2 aromatic rings. The monoisotopic (exact) mass is 330 g/mol. The van der Waals surface area contributed by atoms with Gasteiger partial charge in [-0.1, -0.05) is 13.0 Å². The molecule has 3 rings (SSSR count). The molecule has 24 heavy (non-hydrogen) atoms. The first-order valence-corrected chi connectivity index (χ1v) is 8.79. The van der Waals surface area contributed by atoms with Gasteiger partial charge in [-0.15, -0.1) is 0 Å². The first-order chi connectivity index (χ1) is 11.6. The summed E-state index contributed by atoms with van der Waals surface area (Å²) in [6, 6.07) is 6.07. The van der Waals surface area contributed by atoms with Crippen molar-refractivity contribution in [3.63, 3.8) is 0 Å². The Morgan fingerprint density at radius 2 is 2.12 bits per heavy atom. The number of carbonyl (C=O) groups excluding carboxylic acids is 1. The molecule has 1 aromatic heterocycles. The molecule has 0 spiro atoms. The van der Waals surface area contributed by atoms with Crippen molar-refractivity contribution in [2.45, 2.75) is 45.1 Å². The van der Waals surface area contributed by atoms with E-state index in [0.29, 0.717) is 18.9 Å². The van der Waals surface area contributed by atoms with Gasteiger partial charge < -0.3 is 20.6 Å². The summed E-state index contributed by atoms with van der Waals surface area (Å²) in [4.78, 5) is 31.3. The number of hydrogen-bond acceptors (Lipinski definition) is 3. The van der Waals surface area contributed by atoms with E-state index in [-0.39, 0.29) is 17.6 Å². The van der Waals surface area contributed by atoms with Crippen LogP contribution >= 0.6 is 0 Å². The van der Waals surface area contributed by atoms with Gasteiger partial charge in [-0.3, -0.25) is 4.79 Å². The average Bonchev–Trinajstić information content (AvgIpc) is 2.93. The van der Waals surface area contributed by atoms with Crippen molar-refractivity contribution in [3.05, 3.63) is 34.2 Å². The highest BCUT2D eigenvalue weighted by molar-refractivity contribution is 5.77. The van der Waals surface area contributed by atoms with Crippen LogP contribution in [0.3, 0.4) is 0 Å². The molecule has 1 aliphatic heterocycles.